The molecule has 4 rings (SSSR count). The van der Waals surface area contributed by atoms with Crippen molar-refractivity contribution in [1.29, 1.82) is 0 Å². The maximum absolute atomic E-state index is 14.9. The molecule has 0 saturated carbocycles. The van der Waals surface area contributed by atoms with Gasteiger partial charge < -0.3 is 9.30 Å². The minimum Gasteiger partial charge on any atom is -0.461 e. The van der Waals surface area contributed by atoms with E-state index in [1.54, 1.807) is 25.4 Å². The lowest BCUT2D eigenvalue weighted by Crippen LogP contribution is -2.14. The number of fused-ring (bicyclic) bond motifs is 3. The van der Waals surface area contributed by atoms with Gasteiger partial charge in [-0.3, -0.25) is 0 Å². The Kier molecular flexibility index (Phi) is 6.23. The zero-order valence-corrected chi connectivity index (χ0v) is 18.3. The molecule has 0 aliphatic carbocycles. The first kappa shape index (κ1) is 21.6. The van der Waals surface area contributed by atoms with Crippen LogP contribution in [0.25, 0.3) is 11.3 Å². The SMILES string of the molecule is C#Cc1ccc2c(c1)/C(c1ccccc1F)=C\CCC[C@H](C)c1c(C(=O)OCC)ncn1-2. The summed E-state index contributed by atoms with van der Waals surface area (Å²) < 4.78 is 22.0. The van der Waals surface area contributed by atoms with Gasteiger partial charge in [-0.25, -0.2) is 14.2 Å². The van der Waals surface area contributed by atoms with Crippen LogP contribution in [0.4, 0.5) is 4.39 Å². The summed E-state index contributed by atoms with van der Waals surface area (Å²) in [5.41, 5.74) is 4.71. The van der Waals surface area contributed by atoms with Crippen LogP contribution >= 0.6 is 0 Å². The van der Waals surface area contributed by atoms with E-state index in [9.17, 15) is 9.18 Å². The second-order valence-corrected chi connectivity index (χ2v) is 7.87. The fourth-order valence-corrected chi connectivity index (χ4v) is 4.28. The molecule has 32 heavy (non-hydrogen) atoms. The summed E-state index contributed by atoms with van der Waals surface area (Å²) in [7, 11) is 0. The van der Waals surface area contributed by atoms with E-state index in [0.717, 1.165) is 41.8 Å². The number of halogens is 1. The Bertz CT molecular complexity index is 1230. The Balaban J connectivity index is 2.00. The van der Waals surface area contributed by atoms with Gasteiger partial charge in [-0.1, -0.05) is 37.1 Å². The van der Waals surface area contributed by atoms with Crippen LogP contribution in [0.15, 0.2) is 54.9 Å². The second-order valence-electron chi connectivity index (χ2n) is 7.87. The lowest BCUT2D eigenvalue weighted by Gasteiger charge is -2.22. The van der Waals surface area contributed by atoms with Gasteiger partial charge >= 0.3 is 5.97 Å². The molecule has 1 aliphatic rings. The number of rotatable bonds is 3. The van der Waals surface area contributed by atoms with E-state index in [4.69, 9.17) is 11.2 Å². The van der Waals surface area contributed by atoms with E-state index in [-0.39, 0.29) is 18.3 Å². The topological polar surface area (TPSA) is 44.1 Å². The third kappa shape index (κ3) is 3.97. The molecule has 0 saturated heterocycles. The van der Waals surface area contributed by atoms with E-state index < -0.39 is 5.97 Å². The average Bonchev–Trinajstić information content (AvgIpc) is 3.24. The summed E-state index contributed by atoms with van der Waals surface area (Å²) in [5, 5.41) is 0. The van der Waals surface area contributed by atoms with Crippen molar-refractivity contribution in [3.05, 3.63) is 88.8 Å². The van der Waals surface area contributed by atoms with Crippen molar-refractivity contribution in [3.8, 4) is 18.0 Å². The van der Waals surface area contributed by atoms with Crippen LogP contribution in [-0.4, -0.2) is 22.1 Å². The first-order chi connectivity index (χ1) is 15.5. The number of hydrogen-bond donors (Lipinski definition) is 0. The van der Waals surface area contributed by atoms with Gasteiger partial charge in [-0.2, -0.15) is 0 Å². The first-order valence-electron chi connectivity index (χ1n) is 10.9. The number of imidazole rings is 1. The van der Waals surface area contributed by atoms with E-state index in [2.05, 4.69) is 23.9 Å². The molecule has 0 amide bonds. The summed E-state index contributed by atoms with van der Waals surface area (Å²) in [6, 6.07) is 12.4. The third-order valence-corrected chi connectivity index (χ3v) is 5.81. The van der Waals surface area contributed by atoms with E-state index in [0.29, 0.717) is 16.8 Å². The largest absolute Gasteiger partial charge is 0.461 e. The molecular weight excluding hydrogens is 403 g/mol. The summed E-state index contributed by atoms with van der Waals surface area (Å²) in [4.78, 5) is 17.1. The molecule has 1 aromatic heterocycles. The van der Waals surface area contributed by atoms with Crippen molar-refractivity contribution in [1.82, 2.24) is 9.55 Å². The molecule has 2 heterocycles. The molecule has 0 bridgehead atoms. The lowest BCUT2D eigenvalue weighted by atomic mass is 9.90. The number of benzene rings is 2. The minimum atomic E-state index is -0.433. The van der Waals surface area contributed by atoms with Gasteiger partial charge in [-0.15, -0.1) is 6.42 Å². The number of aromatic nitrogens is 2. The van der Waals surface area contributed by atoms with Gasteiger partial charge in [0.05, 0.1) is 18.0 Å². The maximum atomic E-state index is 14.9. The molecule has 5 heteroatoms. The predicted octanol–water partition coefficient (Wildman–Crippen LogP) is 5.89. The van der Waals surface area contributed by atoms with Gasteiger partial charge in [0.15, 0.2) is 5.69 Å². The molecule has 1 aliphatic heterocycles. The Hall–Kier alpha value is -3.65. The number of carbonyl (C=O) groups is 1. The van der Waals surface area contributed by atoms with Crippen molar-refractivity contribution in [2.45, 2.75) is 39.0 Å². The number of allylic oxidation sites excluding steroid dienone is 1. The predicted molar refractivity (Wildman–Crippen MR) is 123 cm³/mol. The fraction of sp³-hybridized carbons (Fsp3) is 0.259. The smallest absolute Gasteiger partial charge is 0.358 e. The monoisotopic (exact) mass is 428 g/mol. The van der Waals surface area contributed by atoms with Crippen LogP contribution < -0.4 is 0 Å². The molecule has 0 unspecified atom stereocenters. The van der Waals surface area contributed by atoms with Gasteiger partial charge in [0.1, 0.15) is 12.1 Å². The Morgan fingerprint density at radius 3 is 2.84 bits per heavy atom. The van der Waals surface area contributed by atoms with E-state index in [1.807, 2.05) is 28.8 Å². The number of ether oxygens (including phenoxy) is 1. The van der Waals surface area contributed by atoms with E-state index in [1.165, 1.54) is 6.07 Å². The van der Waals surface area contributed by atoms with Crippen molar-refractivity contribution in [3.63, 3.8) is 0 Å². The average molecular weight is 429 g/mol. The van der Waals surface area contributed by atoms with Crippen LogP contribution in [0.2, 0.25) is 0 Å². The lowest BCUT2D eigenvalue weighted by molar-refractivity contribution is 0.0518. The summed E-state index contributed by atoms with van der Waals surface area (Å²) in [6.07, 6.45) is 11.9. The highest BCUT2D eigenvalue weighted by Crippen LogP contribution is 2.36. The molecular formula is C27H25FN2O2. The van der Waals surface area contributed by atoms with Crippen LogP contribution in [0, 0.1) is 18.2 Å². The minimum absolute atomic E-state index is 0.0838. The summed E-state index contributed by atoms with van der Waals surface area (Å²) in [6.45, 7) is 4.15. The number of hydrogen-bond acceptors (Lipinski definition) is 3. The molecule has 3 aromatic rings. The Morgan fingerprint density at radius 1 is 1.28 bits per heavy atom. The number of terminal acetylenes is 1. The fourth-order valence-electron chi connectivity index (χ4n) is 4.28. The third-order valence-electron chi connectivity index (χ3n) is 5.81. The first-order valence-corrected chi connectivity index (χ1v) is 10.9. The Morgan fingerprint density at radius 2 is 2.09 bits per heavy atom. The summed E-state index contributed by atoms with van der Waals surface area (Å²) in [5.74, 6) is 2.04. The molecule has 0 spiro atoms. The van der Waals surface area contributed by atoms with Crippen LogP contribution in [-0.2, 0) is 4.74 Å². The number of esters is 1. The highest BCUT2D eigenvalue weighted by Gasteiger charge is 2.26. The van der Waals surface area contributed by atoms with Crippen molar-refractivity contribution in [2.24, 2.45) is 0 Å². The standard InChI is InChI=1S/C27H25FN2O2/c1-4-19-14-15-24-22(16-19)20(21-12-8-9-13-23(21)28)11-7-6-10-18(3)26-25(27(31)32-5-2)29-17-30(24)26/h1,8-9,11-18H,5-7,10H2,2-3H3/b20-11-/t18-/m0/s1. The normalized spacial score (nSPS) is 17.3. The quantitative estimate of drug-likeness (QED) is 0.386. The molecule has 0 N–H and O–H groups in total. The molecule has 162 valence electrons. The number of nitrogens with zero attached hydrogens (tertiary/aromatic N) is 2. The second kappa shape index (κ2) is 9.23. The highest BCUT2D eigenvalue weighted by atomic mass is 19.1. The van der Waals surface area contributed by atoms with Crippen molar-refractivity contribution in [2.75, 3.05) is 6.61 Å². The van der Waals surface area contributed by atoms with Gasteiger partial charge in [0.25, 0.3) is 0 Å². The van der Waals surface area contributed by atoms with Gasteiger partial charge in [0.2, 0.25) is 0 Å². The highest BCUT2D eigenvalue weighted by molar-refractivity contribution is 5.90. The molecule has 1 atom stereocenters. The number of carbonyl (C=O) groups excluding carboxylic acids is 1. The molecule has 4 nitrogen and oxygen atoms in total. The zero-order valence-electron chi connectivity index (χ0n) is 18.3. The van der Waals surface area contributed by atoms with Gasteiger partial charge in [-0.05, 0) is 61.9 Å². The zero-order chi connectivity index (χ0) is 22.7. The van der Waals surface area contributed by atoms with Crippen molar-refractivity contribution < 1.29 is 13.9 Å². The van der Waals surface area contributed by atoms with Crippen LogP contribution in [0.3, 0.4) is 0 Å². The van der Waals surface area contributed by atoms with Gasteiger partial charge in [0, 0.05) is 16.7 Å². The van der Waals surface area contributed by atoms with Crippen molar-refractivity contribution >= 4 is 11.5 Å². The Labute approximate surface area is 187 Å². The molecule has 0 radical (unpaired) electrons. The van der Waals surface area contributed by atoms with Crippen LogP contribution in [0.1, 0.15) is 71.9 Å². The summed E-state index contributed by atoms with van der Waals surface area (Å²) >= 11 is 0. The van der Waals surface area contributed by atoms with Crippen LogP contribution in [0.5, 0.6) is 0 Å². The maximum Gasteiger partial charge on any atom is 0.358 e. The molecule has 2 aromatic carbocycles. The molecule has 0 fully saturated rings. The van der Waals surface area contributed by atoms with E-state index >= 15 is 0 Å².